The van der Waals surface area contributed by atoms with Gasteiger partial charge in [-0.05, 0) is 38.5 Å². The number of aliphatic carboxylic acids is 1. The number of allylic oxidation sites excluding steroid dienone is 11. The van der Waals surface area contributed by atoms with E-state index in [4.69, 9.17) is 5.11 Å². The smallest absolute Gasteiger partial charge is 0.328 e. The second-order valence-electron chi connectivity index (χ2n) is 4.70. The summed E-state index contributed by atoms with van der Waals surface area (Å²) in [6, 6.07) is 0. The van der Waals surface area contributed by atoms with Gasteiger partial charge in [0, 0.05) is 6.08 Å². The minimum Gasteiger partial charge on any atom is -0.478 e. The van der Waals surface area contributed by atoms with Crippen LogP contribution in [0.3, 0.4) is 0 Å². The maximum atomic E-state index is 10.2. The first-order valence-corrected chi connectivity index (χ1v) is 7.93. The van der Waals surface area contributed by atoms with Gasteiger partial charge in [-0.3, -0.25) is 0 Å². The lowest BCUT2D eigenvalue weighted by molar-refractivity contribution is -0.131. The zero-order chi connectivity index (χ0) is 16.3. The standard InChI is InChI=1S/C20H28O2/c1-2-3-4-5-6-7-8-9-10-11-12-13-14-15-16-17-18-19-20(21)22/h3-4,6-7,9-10,12-13,16-19H,2,5,8,11,14-15H2,1H3,(H,21,22). The first-order chi connectivity index (χ1) is 10.8. The fraction of sp³-hybridized carbons (Fsp3) is 0.350. The average Bonchev–Trinajstić information content (AvgIpc) is 2.50. The summed E-state index contributed by atoms with van der Waals surface area (Å²) in [6.45, 7) is 2.14. The summed E-state index contributed by atoms with van der Waals surface area (Å²) in [5, 5.41) is 8.39. The highest BCUT2D eigenvalue weighted by atomic mass is 16.4. The second kappa shape index (κ2) is 17.0. The van der Waals surface area contributed by atoms with Crippen LogP contribution in [0.1, 0.15) is 45.4 Å². The van der Waals surface area contributed by atoms with Crippen LogP contribution in [-0.2, 0) is 4.79 Å². The highest BCUT2D eigenvalue weighted by molar-refractivity contribution is 5.80. The van der Waals surface area contributed by atoms with E-state index in [0.29, 0.717) is 0 Å². The maximum Gasteiger partial charge on any atom is 0.328 e. The lowest BCUT2D eigenvalue weighted by Gasteiger charge is -1.86. The van der Waals surface area contributed by atoms with Gasteiger partial charge in [0.05, 0.1) is 0 Å². The molecule has 0 aromatic carbocycles. The van der Waals surface area contributed by atoms with Gasteiger partial charge >= 0.3 is 5.97 Å². The number of carboxylic acid groups (broad SMARTS) is 1. The van der Waals surface area contributed by atoms with Crippen molar-refractivity contribution in [3.63, 3.8) is 0 Å². The predicted molar refractivity (Wildman–Crippen MR) is 95.9 cm³/mol. The molecule has 0 aromatic rings. The molecule has 0 fully saturated rings. The van der Waals surface area contributed by atoms with Crippen molar-refractivity contribution in [1.82, 2.24) is 0 Å². The van der Waals surface area contributed by atoms with E-state index in [1.165, 1.54) is 0 Å². The topological polar surface area (TPSA) is 37.3 Å². The Morgan fingerprint density at radius 3 is 1.77 bits per heavy atom. The van der Waals surface area contributed by atoms with Crippen molar-refractivity contribution in [2.75, 3.05) is 0 Å². The van der Waals surface area contributed by atoms with Gasteiger partial charge in [0.2, 0.25) is 0 Å². The van der Waals surface area contributed by atoms with Gasteiger partial charge in [-0.25, -0.2) is 4.79 Å². The van der Waals surface area contributed by atoms with Crippen molar-refractivity contribution >= 4 is 5.97 Å². The molecule has 0 aliphatic carbocycles. The van der Waals surface area contributed by atoms with E-state index in [2.05, 4.69) is 55.5 Å². The molecule has 1 N–H and O–H groups in total. The number of unbranched alkanes of at least 4 members (excludes halogenated alkanes) is 1. The molecule has 22 heavy (non-hydrogen) atoms. The molecule has 0 amide bonds. The highest BCUT2D eigenvalue weighted by Gasteiger charge is 1.80. The van der Waals surface area contributed by atoms with E-state index in [1.54, 1.807) is 12.2 Å². The number of hydrogen-bond acceptors (Lipinski definition) is 1. The summed E-state index contributed by atoms with van der Waals surface area (Å²) in [5.41, 5.74) is 0. The largest absolute Gasteiger partial charge is 0.478 e. The van der Waals surface area contributed by atoms with Crippen LogP contribution in [0, 0.1) is 0 Å². The number of hydrogen-bond donors (Lipinski definition) is 1. The Balaban J connectivity index is 3.52. The Hall–Kier alpha value is -2.09. The highest BCUT2D eigenvalue weighted by Crippen LogP contribution is 1.97. The van der Waals surface area contributed by atoms with E-state index in [0.717, 1.165) is 44.6 Å². The van der Waals surface area contributed by atoms with E-state index < -0.39 is 5.97 Å². The summed E-state index contributed by atoms with van der Waals surface area (Å²) in [7, 11) is 0. The molecule has 0 spiro atoms. The van der Waals surface area contributed by atoms with Crippen LogP contribution in [0.4, 0.5) is 0 Å². The molecule has 0 bridgehead atoms. The molecule has 2 nitrogen and oxygen atoms in total. The normalized spacial score (nSPS) is 13.1. The SMILES string of the molecule is CCC=CCC=CCC=CCC=CCCC=CC=CC(=O)O. The number of carbonyl (C=O) groups is 1. The predicted octanol–water partition coefficient (Wildman–Crippen LogP) is 5.77. The third-order valence-electron chi connectivity index (χ3n) is 2.70. The molecule has 0 aliphatic rings. The lowest BCUT2D eigenvalue weighted by atomic mass is 10.2. The number of rotatable bonds is 12. The first kappa shape index (κ1) is 19.9. The zero-order valence-electron chi connectivity index (χ0n) is 13.5. The summed E-state index contributed by atoms with van der Waals surface area (Å²) in [6.07, 6.45) is 29.8. The van der Waals surface area contributed by atoms with Gasteiger partial charge in [0.15, 0.2) is 0 Å². The maximum absolute atomic E-state index is 10.2. The van der Waals surface area contributed by atoms with Crippen molar-refractivity contribution < 1.29 is 9.90 Å². The lowest BCUT2D eigenvalue weighted by Crippen LogP contribution is -1.84. The van der Waals surface area contributed by atoms with Crippen molar-refractivity contribution in [2.45, 2.75) is 45.4 Å². The van der Waals surface area contributed by atoms with Crippen LogP contribution in [0.5, 0.6) is 0 Å². The van der Waals surface area contributed by atoms with Crippen LogP contribution in [0.15, 0.2) is 72.9 Å². The van der Waals surface area contributed by atoms with Crippen LogP contribution >= 0.6 is 0 Å². The fourth-order valence-electron chi connectivity index (χ4n) is 1.60. The minimum absolute atomic E-state index is 0.913. The van der Waals surface area contributed by atoms with Gasteiger partial charge in [-0.1, -0.05) is 73.8 Å². The van der Waals surface area contributed by atoms with Crippen molar-refractivity contribution in [1.29, 1.82) is 0 Å². The molecule has 0 heterocycles. The van der Waals surface area contributed by atoms with Gasteiger partial charge in [-0.15, -0.1) is 0 Å². The fourth-order valence-corrected chi connectivity index (χ4v) is 1.60. The summed E-state index contributed by atoms with van der Waals surface area (Å²) >= 11 is 0. The van der Waals surface area contributed by atoms with Gasteiger partial charge in [0.25, 0.3) is 0 Å². The van der Waals surface area contributed by atoms with Crippen LogP contribution in [0.25, 0.3) is 0 Å². The van der Waals surface area contributed by atoms with Crippen molar-refractivity contribution in [3.05, 3.63) is 72.9 Å². The monoisotopic (exact) mass is 300 g/mol. The molecular weight excluding hydrogens is 272 g/mol. The molecule has 120 valence electrons. The van der Waals surface area contributed by atoms with Crippen LogP contribution in [-0.4, -0.2) is 11.1 Å². The molecule has 0 atom stereocenters. The Kier molecular flexibility index (Phi) is 15.4. The Morgan fingerprint density at radius 1 is 0.727 bits per heavy atom. The molecule has 0 aliphatic heterocycles. The molecule has 0 rings (SSSR count). The Labute approximate surface area is 134 Å². The van der Waals surface area contributed by atoms with Crippen LogP contribution in [0.2, 0.25) is 0 Å². The van der Waals surface area contributed by atoms with E-state index in [1.807, 2.05) is 6.08 Å². The van der Waals surface area contributed by atoms with Gasteiger partial charge in [-0.2, -0.15) is 0 Å². The van der Waals surface area contributed by atoms with Crippen molar-refractivity contribution in [2.24, 2.45) is 0 Å². The van der Waals surface area contributed by atoms with E-state index >= 15 is 0 Å². The first-order valence-electron chi connectivity index (χ1n) is 7.93. The molecule has 0 aromatic heterocycles. The summed E-state index contributed by atoms with van der Waals surface area (Å²) < 4.78 is 0. The van der Waals surface area contributed by atoms with Crippen molar-refractivity contribution in [3.8, 4) is 0 Å². The Morgan fingerprint density at radius 2 is 1.23 bits per heavy atom. The number of carboxylic acids is 1. The van der Waals surface area contributed by atoms with Gasteiger partial charge < -0.3 is 5.11 Å². The molecule has 2 heteroatoms. The molecular formula is C20H28O2. The third-order valence-corrected chi connectivity index (χ3v) is 2.70. The van der Waals surface area contributed by atoms with E-state index in [9.17, 15) is 4.79 Å². The Bertz CT molecular complexity index is 435. The second-order valence-corrected chi connectivity index (χ2v) is 4.70. The van der Waals surface area contributed by atoms with Gasteiger partial charge in [0.1, 0.15) is 0 Å². The minimum atomic E-state index is -0.913. The summed E-state index contributed by atoms with van der Waals surface area (Å²) in [4.78, 5) is 10.2. The zero-order valence-corrected chi connectivity index (χ0v) is 13.5. The average molecular weight is 300 g/mol. The molecule has 0 radical (unpaired) electrons. The molecule has 0 saturated carbocycles. The molecule has 0 saturated heterocycles. The van der Waals surface area contributed by atoms with Crippen LogP contribution < -0.4 is 0 Å². The summed E-state index contributed by atoms with van der Waals surface area (Å²) in [5.74, 6) is -0.913. The third kappa shape index (κ3) is 17.9. The van der Waals surface area contributed by atoms with E-state index in [-0.39, 0.29) is 0 Å². The quantitative estimate of drug-likeness (QED) is 0.215. The molecule has 0 unspecified atom stereocenters.